The number of hydrogen-bond donors (Lipinski definition) is 0. The highest BCUT2D eigenvalue weighted by atomic mass is 16.2. The van der Waals surface area contributed by atoms with Gasteiger partial charge in [-0.2, -0.15) is 0 Å². The van der Waals surface area contributed by atoms with Crippen LogP contribution in [0.4, 0.5) is 5.95 Å². The summed E-state index contributed by atoms with van der Waals surface area (Å²) in [5.41, 5.74) is 1.81. The molecule has 0 N–H and O–H groups in total. The molecule has 6 nitrogen and oxygen atoms in total. The van der Waals surface area contributed by atoms with E-state index in [1.165, 1.54) is 0 Å². The van der Waals surface area contributed by atoms with Crippen LogP contribution in [0, 0.1) is 0 Å². The summed E-state index contributed by atoms with van der Waals surface area (Å²) >= 11 is 0. The van der Waals surface area contributed by atoms with Crippen molar-refractivity contribution >= 4 is 17.6 Å². The Morgan fingerprint density at radius 3 is 1.89 bits per heavy atom. The van der Waals surface area contributed by atoms with Crippen molar-refractivity contribution in [2.45, 2.75) is 0 Å². The first kappa shape index (κ1) is 17.9. The Bertz CT molecular complexity index is 951. The number of carbonyl (C=O) groups is 2. The smallest absolute Gasteiger partial charge is 0.253 e. The second kappa shape index (κ2) is 8.00. The van der Waals surface area contributed by atoms with E-state index in [-0.39, 0.29) is 11.7 Å². The SMILES string of the molecule is O=C(c1ccccc1)c1ccc(C(=O)N2CCN(c3ncccn3)CC2)cc1. The summed E-state index contributed by atoms with van der Waals surface area (Å²) in [5.74, 6) is 0.627. The molecule has 2 aromatic carbocycles. The van der Waals surface area contributed by atoms with Crippen LogP contribution in [0.3, 0.4) is 0 Å². The molecule has 1 aliphatic heterocycles. The summed E-state index contributed by atoms with van der Waals surface area (Å²) in [6.07, 6.45) is 3.44. The van der Waals surface area contributed by atoms with Crippen molar-refractivity contribution in [3.8, 4) is 0 Å². The van der Waals surface area contributed by atoms with Gasteiger partial charge in [-0.15, -0.1) is 0 Å². The first-order chi connectivity index (χ1) is 13.7. The summed E-state index contributed by atoms with van der Waals surface area (Å²) in [7, 11) is 0. The molecule has 6 heteroatoms. The third-order valence-corrected chi connectivity index (χ3v) is 4.83. The lowest BCUT2D eigenvalue weighted by atomic mass is 10.0. The fraction of sp³-hybridized carbons (Fsp3) is 0.182. The largest absolute Gasteiger partial charge is 0.337 e. The van der Waals surface area contributed by atoms with E-state index in [1.54, 1.807) is 54.9 Å². The molecule has 1 aliphatic rings. The maximum Gasteiger partial charge on any atom is 0.253 e. The molecule has 4 rings (SSSR count). The Morgan fingerprint density at radius 1 is 0.679 bits per heavy atom. The molecule has 2 heterocycles. The summed E-state index contributed by atoms with van der Waals surface area (Å²) in [4.78, 5) is 37.7. The van der Waals surface area contributed by atoms with Crippen LogP contribution in [0.15, 0.2) is 73.1 Å². The predicted molar refractivity (Wildman–Crippen MR) is 106 cm³/mol. The average Bonchev–Trinajstić information content (AvgIpc) is 2.79. The van der Waals surface area contributed by atoms with Gasteiger partial charge in [0.25, 0.3) is 5.91 Å². The van der Waals surface area contributed by atoms with E-state index in [2.05, 4.69) is 14.9 Å². The van der Waals surface area contributed by atoms with Gasteiger partial charge >= 0.3 is 0 Å². The summed E-state index contributed by atoms with van der Waals surface area (Å²) in [6.45, 7) is 2.62. The van der Waals surface area contributed by atoms with Crippen molar-refractivity contribution in [3.63, 3.8) is 0 Å². The summed E-state index contributed by atoms with van der Waals surface area (Å²) < 4.78 is 0. The number of benzene rings is 2. The molecule has 140 valence electrons. The van der Waals surface area contributed by atoms with Crippen LogP contribution in [-0.2, 0) is 0 Å². The van der Waals surface area contributed by atoms with E-state index in [9.17, 15) is 9.59 Å². The zero-order valence-corrected chi connectivity index (χ0v) is 15.4. The van der Waals surface area contributed by atoms with Gasteiger partial charge in [0.1, 0.15) is 0 Å². The lowest BCUT2D eigenvalue weighted by Crippen LogP contribution is -2.49. The Morgan fingerprint density at radius 2 is 1.25 bits per heavy atom. The number of anilines is 1. The molecule has 0 spiro atoms. The molecule has 0 unspecified atom stereocenters. The molecule has 0 saturated carbocycles. The molecule has 1 fully saturated rings. The van der Waals surface area contributed by atoms with Gasteiger partial charge in [-0.3, -0.25) is 9.59 Å². The van der Waals surface area contributed by atoms with Crippen LogP contribution < -0.4 is 4.90 Å². The number of piperazine rings is 1. The second-order valence-electron chi connectivity index (χ2n) is 6.60. The quantitative estimate of drug-likeness (QED) is 0.659. The zero-order chi connectivity index (χ0) is 19.3. The third kappa shape index (κ3) is 3.76. The molecule has 0 atom stereocenters. The topological polar surface area (TPSA) is 66.4 Å². The number of rotatable bonds is 4. The van der Waals surface area contributed by atoms with Crippen LogP contribution in [0.25, 0.3) is 0 Å². The molecule has 0 aliphatic carbocycles. The molecule has 1 aromatic heterocycles. The van der Waals surface area contributed by atoms with Crippen LogP contribution >= 0.6 is 0 Å². The first-order valence-electron chi connectivity index (χ1n) is 9.23. The minimum absolute atomic E-state index is 0.0210. The van der Waals surface area contributed by atoms with E-state index < -0.39 is 0 Å². The number of aromatic nitrogens is 2. The summed E-state index contributed by atoms with van der Waals surface area (Å²) in [6, 6.07) is 17.8. The monoisotopic (exact) mass is 372 g/mol. The van der Waals surface area contributed by atoms with Crippen molar-refractivity contribution in [2.75, 3.05) is 31.1 Å². The first-order valence-corrected chi connectivity index (χ1v) is 9.23. The second-order valence-corrected chi connectivity index (χ2v) is 6.60. The zero-order valence-electron chi connectivity index (χ0n) is 15.4. The van der Waals surface area contributed by atoms with Gasteiger partial charge in [-0.1, -0.05) is 42.5 Å². The maximum atomic E-state index is 12.8. The van der Waals surface area contributed by atoms with E-state index in [4.69, 9.17) is 0 Å². The normalized spacial score (nSPS) is 14.0. The lowest BCUT2D eigenvalue weighted by Gasteiger charge is -2.34. The van der Waals surface area contributed by atoms with Crippen LogP contribution in [-0.4, -0.2) is 52.7 Å². The summed E-state index contributed by atoms with van der Waals surface area (Å²) in [5, 5.41) is 0. The van der Waals surface area contributed by atoms with Crippen LogP contribution in [0.2, 0.25) is 0 Å². The molecule has 28 heavy (non-hydrogen) atoms. The Labute approximate surface area is 163 Å². The van der Waals surface area contributed by atoms with Gasteiger partial charge in [0.05, 0.1) is 0 Å². The van der Waals surface area contributed by atoms with Gasteiger partial charge in [0.2, 0.25) is 5.95 Å². The van der Waals surface area contributed by atoms with E-state index >= 15 is 0 Å². The molecular weight excluding hydrogens is 352 g/mol. The number of carbonyl (C=O) groups excluding carboxylic acids is 2. The fourth-order valence-corrected chi connectivity index (χ4v) is 3.27. The lowest BCUT2D eigenvalue weighted by molar-refractivity contribution is 0.0746. The number of amides is 1. The van der Waals surface area contributed by atoms with Crippen LogP contribution in [0.5, 0.6) is 0 Å². The highest BCUT2D eigenvalue weighted by Crippen LogP contribution is 2.15. The average molecular weight is 372 g/mol. The highest BCUT2D eigenvalue weighted by molar-refractivity contribution is 6.09. The van der Waals surface area contributed by atoms with Crippen molar-refractivity contribution in [1.29, 1.82) is 0 Å². The highest BCUT2D eigenvalue weighted by Gasteiger charge is 2.23. The van der Waals surface area contributed by atoms with Gasteiger partial charge < -0.3 is 9.80 Å². The van der Waals surface area contributed by atoms with Gasteiger partial charge in [0.15, 0.2) is 5.78 Å². The van der Waals surface area contributed by atoms with Gasteiger partial charge in [-0.05, 0) is 18.2 Å². The molecule has 0 radical (unpaired) electrons. The Hall–Kier alpha value is -3.54. The van der Waals surface area contributed by atoms with Crippen molar-refractivity contribution < 1.29 is 9.59 Å². The number of ketones is 1. The molecular formula is C22H20N4O2. The number of nitrogens with zero attached hydrogens (tertiary/aromatic N) is 4. The van der Waals surface area contributed by atoms with Gasteiger partial charge in [-0.25, -0.2) is 9.97 Å². The molecule has 3 aromatic rings. The molecule has 1 saturated heterocycles. The van der Waals surface area contributed by atoms with Crippen LogP contribution in [0.1, 0.15) is 26.3 Å². The third-order valence-electron chi connectivity index (χ3n) is 4.83. The minimum Gasteiger partial charge on any atom is -0.337 e. The van der Waals surface area contributed by atoms with Crippen molar-refractivity contribution in [2.24, 2.45) is 0 Å². The Kier molecular flexibility index (Phi) is 5.10. The number of hydrogen-bond acceptors (Lipinski definition) is 5. The van der Waals surface area contributed by atoms with E-state index in [0.717, 1.165) is 0 Å². The molecule has 1 amide bonds. The van der Waals surface area contributed by atoms with E-state index in [1.807, 2.05) is 23.1 Å². The van der Waals surface area contributed by atoms with Gasteiger partial charge in [0, 0.05) is 55.3 Å². The fourth-order valence-electron chi connectivity index (χ4n) is 3.27. The standard InChI is InChI=1S/C22H20N4O2/c27-20(17-5-2-1-3-6-17)18-7-9-19(10-8-18)21(28)25-13-15-26(16-14-25)22-23-11-4-12-24-22/h1-12H,13-16H2. The Balaban J connectivity index is 1.40. The minimum atomic E-state index is -0.0453. The maximum absolute atomic E-state index is 12.8. The van der Waals surface area contributed by atoms with Crippen molar-refractivity contribution in [1.82, 2.24) is 14.9 Å². The van der Waals surface area contributed by atoms with E-state index in [0.29, 0.717) is 48.8 Å². The van der Waals surface area contributed by atoms with Crippen molar-refractivity contribution in [3.05, 3.63) is 89.7 Å². The predicted octanol–water partition coefficient (Wildman–Crippen LogP) is 2.67. The molecule has 0 bridgehead atoms.